The van der Waals surface area contributed by atoms with E-state index >= 15 is 0 Å². The van der Waals surface area contributed by atoms with Crippen LogP contribution < -0.4 is 10.9 Å². The Morgan fingerprint density at radius 2 is 1.93 bits per heavy atom. The second-order valence-electron chi connectivity index (χ2n) is 6.30. The van der Waals surface area contributed by atoms with Crippen LogP contribution in [0.25, 0.3) is 10.8 Å². The Bertz CT molecular complexity index is 1130. The highest BCUT2D eigenvalue weighted by atomic mass is 35.5. The number of carbonyl (C=O) groups excluding carboxylic acids is 2. The molecular weight excluding hydrogens is 396 g/mol. The Labute approximate surface area is 171 Å². The molecule has 2 heterocycles. The maximum Gasteiger partial charge on any atom is 0.360 e. The molecule has 150 valence electrons. The van der Waals surface area contributed by atoms with Crippen LogP contribution in [0.15, 0.2) is 47.4 Å². The van der Waals surface area contributed by atoms with Gasteiger partial charge in [0, 0.05) is 18.1 Å². The Morgan fingerprint density at radius 3 is 2.62 bits per heavy atom. The number of nitrogens with one attached hydrogen (secondary N) is 1. The van der Waals surface area contributed by atoms with Gasteiger partial charge in [-0.05, 0) is 31.5 Å². The number of fused-ring (bicyclic) bond motifs is 1. The molecule has 29 heavy (non-hydrogen) atoms. The first-order chi connectivity index (χ1) is 13.9. The van der Waals surface area contributed by atoms with Crippen molar-refractivity contribution in [1.82, 2.24) is 14.8 Å². The molecule has 0 saturated heterocycles. The van der Waals surface area contributed by atoms with Crippen LogP contribution in [-0.4, -0.2) is 32.7 Å². The van der Waals surface area contributed by atoms with Gasteiger partial charge < -0.3 is 10.1 Å². The topological polar surface area (TPSA) is 103 Å². The van der Waals surface area contributed by atoms with Crippen LogP contribution in [0, 0.1) is 0 Å². The van der Waals surface area contributed by atoms with Crippen molar-refractivity contribution in [1.29, 1.82) is 0 Å². The number of carbonyl (C=O) groups is 2. The van der Waals surface area contributed by atoms with Crippen molar-refractivity contribution in [2.24, 2.45) is 0 Å². The molecule has 0 fully saturated rings. The van der Waals surface area contributed by atoms with Crippen molar-refractivity contribution < 1.29 is 14.3 Å². The van der Waals surface area contributed by atoms with Crippen molar-refractivity contribution in [3.05, 3.63) is 63.8 Å². The number of ether oxygens (including phenoxy) is 1. The van der Waals surface area contributed by atoms with Gasteiger partial charge in [-0.2, -0.15) is 5.10 Å². The van der Waals surface area contributed by atoms with E-state index in [0.717, 1.165) is 0 Å². The minimum absolute atomic E-state index is 0.0206. The van der Waals surface area contributed by atoms with Crippen LogP contribution in [0.1, 0.15) is 30.8 Å². The molecule has 1 N–H and O–H groups in total. The lowest BCUT2D eigenvalue weighted by atomic mass is 10.1. The summed E-state index contributed by atoms with van der Waals surface area (Å²) >= 11 is 5.93. The van der Waals surface area contributed by atoms with Gasteiger partial charge >= 0.3 is 5.97 Å². The van der Waals surface area contributed by atoms with Crippen LogP contribution in [0.2, 0.25) is 5.15 Å². The minimum atomic E-state index is -1.12. The normalized spacial score (nSPS) is 11.8. The van der Waals surface area contributed by atoms with Gasteiger partial charge in [-0.3, -0.25) is 9.59 Å². The summed E-state index contributed by atoms with van der Waals surface area (Å²) in [5, 5.41) is 7.59. The Hall–Kier alpha value is -3.26. The molecule has 9 heteroatoms. The molecular formula is C20H19ClN4O4. The van der Waals surface area contributed by atoms with E-state index in [4.69, 9.17) is 16.3 Å². The first-order valence-electron chi connectivity index (χ1n) is 9.04. The van der Waals surface area contributed by atoms with Crippen molar-refractivity contribution >= 4 is 39.9 Å². The average molecular weight is 415 g/mol. The Balaban J connectivity index is 1.85. The van der Waals surface area contributed by atoms with E-state index in [1.807, 2.05) is 6.92 Å². The van der Waals surface area contributed by atoms with E-state index in [1.165, 1.54) is 17.8 Å². The fourth-order valence-electron chi connectivity index (χ4n) is 2.73. The third kappa shape index (κ3) is 4.43. The summed E-state index contributed by atoms with van der Waals surface area (Å²) in [4.78, 5) is 41.5. The van der Waals surface area contributed by atoms with Gasteiger partial charge in [0.15, 0.2) is 17.0 Å². The van der Waals surface area contributed by atoms with Gasteiger partial charge in [-0.25, -0.2) is 14.5 Å². The largest absolute Gasteiger partial charge is 0.448 e. The van der Waals surface area contributed by atoms with Gasteiger partial charge in [-0.15, -0.1) is 0 Å². The van der Waals surface area contributed by atoms with E-state index in [1.54, 1.807) is 36.4 Å². The molecule has 2 aromatic heterocycles. The zero-order valence-electron chi connectivity index (χ0n) is 15.9. The van der Waals surface area contributed by atoms with Crippen LogP contribution >= 0.6 is 11.6 Å². The zero-order chi connectivity index (χ0) is 21.0. The summed E-state index contributed by atoms with van der Waals surface area (Å²) in [6, 6.07) is 9.86. The van der Waals surface area contributed by atoms with Crippen LogP contribution in [0.4, 0.5) is 5.69 Å². The number of aryl methyl sites for hydroxylation is 1. The summed E-state index contributed by atoms with van der Waals surface area (Å²) in [7, 11) is 0. The van der Waals surface area contributed by atoms with Gasteiger partial charge in [0.25, 0.3) is 11.5 Å². The molecule has 8 nitrogen and oxygen atoms in total. The summed E-state index contributed by atoms with van der Waals surface area (Å²) in [5.74, 6) is -1.37. The number of hydrogen-bond acceptors (Lipinski definition) is 6. The molecule has 0 saturated carbocycles. The number of halogens is 1. The van der Waals surface area contributed by atoms with Gasteiger partial charge in [-0.1, -0.05) is 36.7 Å². The highest BCUT2D eigenvalue weighted by Gasteiger charge is 2.23. The number of aromatic nitrogens is 3. The highest BCUT2D eigenvalue weighted by Crippen LogP contribution is 2.19. The monoisotopic (exact) mass is 414 g/mol. The van der Waals surface area contributed by atoms with E-state index in [0.29, 0.717) is 29.4 Å². The fourth-order valence-corrected chi connectivity index (χ4v) is 2.90. The van der Waals surface area contributed by atoms with E-state index in [-0.39, 0.29) is 16.4 Å². The Morgan fingerprint density at radius 1 is 1.21 bits per heavy atom. The van der Waals surface area contributed by atoms with Gasteiger partial charge in [0.1, 0.15) is 0 Å². The SMILES string of the molecule is CCCn1nc(C(=O)OC(C)C(=O)Nc2cccnc2Cl)c2ccccc2c1=O. The first-order valence-corrected chi connectivity index (χ1v) is 9.42. The lowest BCUT2D eigenvalue weighted by Gasteiger charge is -2.15. The van der Waals surface area contributed by atoms with Gasteiger partial charge in [0.2, 0.25) is 0 Å². The number of pyridine rings is 1. The third-order valence-corrected chi connectivity index (χ3v) is 4.47. The minimum Gasteiger partial charge on any atom is -0.448 e. The van der Waals surface area contributed by atoms with Crippen LogP contribution in [-0.2, 0) is 16.1 Å². The zero-order valence-corrected chi connectivity index (χ0v) is 16.6. The molecule has 0 bridgehead atoms. The highest BCUT2D eigenvalue weighted by molar-refractivity contribution is 6.32. The molecule has 1 atom stereocenters. The summed E-state index contributed by atoms with van der Waals surface area (Å²) in [6.07, 6.45) is 1.04. The molecule has 0 radical (unpaired) electrons. The molecule has 1 amide bonds. The van der Waals surface area contributed by atoms with E-state index in [2.05, 4.69) is 15.4 Å². The maximum absolute atomic E-state index is 12.7. The van der Waals surface area contributed by atoms with E-state index in [9.17, 15) is 14.4 Å². The third-order valence-electron chi connectivity index (χ3n) is 4.17. The number of amides is 1. The van der Waals surface area contributed by atoms with Crippen molar-refractivity contribution in [3.8, 4) is 0 Å². The smallest absolute Gasteiger partial charge is 0.360 e. The number of benzene rings is 1. The standard InChI is InChI=1S/C20H19ClN4O4/c1-3-11-25-19(27)14-8-5-4-7-13(14)16(24-25)20(28)29-12(2)18(26)23-15-9-6-10-22-17(15)21/h4-10,12H,3,11H2,1-2H3,(H,23,26). The molecule has 1 unspecified atom stereocenters. The second-order valence-corrected chi connectivity index (χ2v) is 6.66. The van der Waals surface area contributed by atoms with Crippen LogP contribution in [0.5, 0.6) is 0 Å². The molecule has 3 rings (SSSR count). The lowest BCUT2D eigenvalue weighted by Crippen LogP contribution is -2.32. The molecule has 0 spiro atoms. The number of anilines is 1. The first kappa shape index (κ1) is 20.5. The van der Waals surface area contributed by atoms with Crippen molar-refractivity contribution in [2.75, 3.05) is 5.32 Å². The number of hydrogen-bond donors (Lipinski definition) is 1. The molecule has 3 aromatic rings. The second kappa shape index (κ2) is 8.83. The predicted octanol–water partition coefficient (Wildman–Crippen LogP) is 3.04. The fraction of sp³-hybridized carbons (Fsp3) is 0.250. The van der Waals surface area contributed by atoms with Crippen molar-refractivity contribution in [2.45, 2.75) is 32.9 Å². The number of esters is 1. The summed E-state index contributed by atoms with van der Waals surface area (Å²) < 4.78 is 6.53. The van der Waals surface area contributed by atoms with Crippen molar-refractivity contribution in [3.63, 3.8) is 0 Å². The molecule has 1 aromatic carbocycles. The molecule has 0 aliphatic carbocycles. The van der Waals surface area contributed by atoms with Crippen LogP contribution in [0.3, 0.4) is 0 Å². The quantitative estimate of drug-likeness (QED) is 0.491. The molecule has 0 aliphatic rings. The van der Waals surface area contributed by atoms with Gasteiger partial charge in [0.05, 0.1) is 11.1 Å². The number of rotatable bonds is 6. The maximum atomic E-state index is 12.7. The summed E-state index contributed by atoms with van der Waals surface area (Å²) in [5.41, 5.74) is 0.00542. The number of nitrogens with zero attached hydrogens (tertiary/aromatic N) is 3. The average Bonchev–Trinajstić information content (AvgIpc) is 2.71. The van der Waals surface area contributed by atoms with E-state index < -0.39 is 18.0 Å². The summed E-state index contributed by atoms with van der Waals surface area (Å²) in [6.45, 7) is 3.69. The molecule has 0 aliphatic heterocycles. The lowest BCUT2D eigenvalue weighted by molar-refractivity contribution is -0.123. The Kier molecular flexibility index (Phi) is 6.23. The predicted molar refractivity (Wildman–Crippen MR) is 109 cm³/mol.